The number of aromatic nitrogens is 2. The number of fused-ring (bicyclic) bond motifs is 1. The van der Waals surface area contributed by atoms with Gasteiger partial charge in [0.25, 0.3) is 0 Å². The summed E-state index contributed by atoms with van der Waals surface area (Å²) in [5.41, 5.74) is 0.730. The van der Waals surface area contributed by atoms with Crippen LogP contribution in [0.5, 0.6) is 0 Å². The Morgan fingerprint density at radius 1 is 1.32 bits per heavy atom. The van der Waals surface area contributed by atoms with Crippen molar-refractivity contribution in [2.45, 2.75) is 27.2 Å². The predicted molar refractivity (Wildman–Crippen MR) is 77.4 cm³/mol. The molecule has 1 heterocycles. The first-order valence-electron chi connectivity index (χ1n) is 5.96. The first-order valence-corrected chi connectivity index (χ1v) is 6.75. The molecule has 0 spiro atoms. The number of carbonyl (C=O) groups is 1. The third-order valence-corrected chi connectivity index (χ3v) is 3.09. The van der Waals surface area contributed by atoms with Crippen LogP contribution in [0.15, 0.2) is 22.7 Å². The van der Waals surface area contributed by atoms with Crippen LogP contribution >= 0.6 is 15.9 Å². The van der Waals surface area contributed by atoms with Crippen molar-refractivity contribution >= 4 is 32.8 Å². The summed E-state index contributed by atoms with van der Waals surface area (Å²) in [6.07, 6.45) is 0.635. The minimum atomic E-state index is -1.02. The van der Waals surface area contributed by atoms with Crippen molar-refractivity contribution in [2.75, 3.05) is 0 Å². The molecule has 0 radical (unpaired) electrons. The maximum Gasteiger partial charge on any atom is 0.355 e. The number of aromatic carboxylic acids is 1. The van der Waals surface area contributed by atoms with Crippen LogP contribution in [-0.2, 0) is 6.42 Å². The van der Waals surface area contributed by atoms with Crippen molar-refractivity contribution in [3.05, 3.63) is 34.2 Å². The zero-order valence-electron chi connectivity index (χ0n) is 11.1. The smallest absolute Gasteiger partial charge is 0.355 e. The second-order valence-electron chi connectivity index (χ2n) is 5.69. The molecule has 0 unspecified atom stereocenters. The molecule has 1 aromatic carbocycles. The highest BCUT2D eigenvalue weighted by molar-refractivity contribution is 9.10. The van der Waals surface area contributed by atoms with Crippen LogP contribution in [0, 0.1) is 5.41 Å². The van der Waals surface area contributed by atoms with E-state index in [1.165, 1.54) is 0 Å². The third-order valence-electron chi connectivity index (χ3n) is 2.60. The van der Waals surface area contributed by atoms with Crippen LogP contribution in [0.3, 0.4) is 0 Å². The molecule has 19 heavy (non-hydrogen) atoms. The van der Waals surface area contributed by atoms with Gasteiger partial charge in [0.15, 0.2) is 5.69 Å². The van der Waals surface area contributed by atoms with E-state index in [4.69, 9.17) is 0 Å². The van der Waals surface area contributed by atoms with Gasteiger partial charge in [-0.3, -0.25) is 0 Å². The van der Waals surface area contributed by atoms with E-state index in [-0.39, 0.29) is 11.1 Å². The molecule has 0 aliphatic heterocycles. The van der Waals surface area contributed by atoms with E-state index in [0.29, 0.717) is 23.1 Å². The Balaban J connectivity index is 2.65. The first-order chi connectivity index (χ1) is 8.76. The van der Waals surface area contributed by atoms with Crippen LogP contribution in [0.4, 0.5) is 0 Å². The second kappa shape index (κ2) is 4.89. The lowest BCUT2D eigenvalue weighted by Gasteiger charge is -2.17. The molecule has 0 aliphatic rings. The van der Waals surface area contributed by atoms with Gasteiger partial charge in [0.05, 0.1) is 5.52 Å². The quantitative estimate of drug-likeness (QED) is 0.916. The van der Waals surface area contributed by atoms with Gasteiger partial charge in [0.2, 0.25) is 0 Å². The topological polar surface area (TPSA) is 63.1 Å². The maximum absolute atomic E-state index is 11.3. The summed E-state index contributed by atoms with van der Waals surface area (Å²) in [4.78, 5) is 20.0. The van der Waals surface area contributed by atoms with Gasteiger partial charge in [0.1, 0.15) is 5.82 Å². The molecule has 0 bridgehead atoms. The number of hydrogen-bond acceptors (Lipinski definition) is 3. The molecule has 2 aromatic rings. The van der Waals surface area contributed by atoms with Crippen molar-refractivity contribution < 1.29 is 9.90 Å². The van der Waals surface area contributed by atoms with Crippen molar-refractivity contribution in [2.24, 2.45) is 5.41 Å². The van der Waals surface area contributed by atoms with Crippen LogP contribution in [0.1, 0.15) is 37.1 Å². The van der Waals surface area contributed by atoms with Gasteiger partial charge in [-0.25, -0.2) is 14.8 Å². The molecule has 2 rings (SSSR count). The molecule has 0 saturated heterocycles. The fraction of sp³-hybridized carbons (Fsp3) is 0.357. The molecular formula is C14H15BrN2O2. The average Bonchev–Trinajstić information content (AvgIpc) is 2.24. The van der Waals surface area contributed by atoms with Gasteiger partial charge in [-0.05, 0) is 23.6 Å². The number of carboxylic acids is 1. The summed E-state index contributed by atoms with van der Waals surface area (Å²) in [5.74, 6) is -0.458. The molecule has 4 nitrogen and oxygen atoms in total. The molecule has 0 saturated carbocycles. The Morgan fingerprint density at radius 2 is 2.00 bits per heavy atom. The molecule has 1 N–H and O–H groups in total. The fourth-order valence-electron chi connectivity index (χ4n) is 1.87. The molecule has 1 aromatic heterocycles. The summed E-state index contributed by atoms with van der Waals surface area (Å²) in [6, 6.07) is 5.33. The Kier molecular flexibility index (Phi) is 3.58. The summed E-state index contributed by atoms with van der Waals surface area (Å²) in [7, 11) is 0. The Hall–Kier alpha value is -1.49. The fourth-order valence-corrected chi connectivity index (χ4v) is 2.22. The molecule has 5 heteroatoms. The Bertz CT molecular complexity index is 648. The number of nitrogens with zero attached hydrogens (tertiary/aromatic N) is 2. The average molecular weight is 323 g/mol. The summed E-state index contributed by atoms with van der Waals surface area (Å²) < 4.78 is 0.872. The monoisotopic (exact) mass is 322 g/mol. The van der Waals surface area contributed by atoms with Crippen LogP contribution in [0.2, 0.25) is 0 Å². The number of rotatable bonds is 2. The van der Waals surface area contributed by atoms with Crippen LogP contribution < -0.4 is 0 Å². The lowest BCUT2D eigenvalue weighted by atomic mass is 9.92. The van der Waals surface area contributed by atoms with Gasteiger partial charge in [-0.2, -0.15) is 0 Å². The molecule has 0 atom stereocenters. The van der Waals surface area contributed by atoms with Gasteiger partial charge < -0.3 is 5.11 Å². The Labute approximate surface area is 120 Å². The number of carboxylic acid groups (broad SMARTS) is 1. The lowest BCUT2D eigenvalue weighted by molar-refractivity contribution is 0.0692. The number of benzene rings is 1. The molecule has 0 amide bonds. The SMILES string of the molecule is CC(C)(C)Cc1nc(C(=O)O)c2ccc(Br)cc2n1. The van der Waals surface area contributed by atoms with Crippen LogP contribution in [0.25, 0.3) is 10.9 Å². The zero-order chi connectivity index (χ0) is 14.2. The Morgan fingerprint density at radius 3 is 2.58 bits per heavy atom. The predicted octanol–water partition coefficient (Wildman–Crippen LogP) is 3.68. The highest BCUT2D eigenvalue weighted by atomic mass is 79.9. The third kappa shape index (κ3) is 3.29. The van der Waals surface area contributed by atoms with E-state index in [0.717, 1.165) is 4.47 Å². The minimum Gasteiger partial charge on any atom is -0.476 e. The highest BCUT2D eigenvalue weighted by Crippen LogP contribution is 2.24. The normalized spacial score (nSPS) is 11.8. The van der Waals surface area contributed by atoms with E-state index in [2.05, 4.69) is 46.7 Å². The maximum atomic E-state index is 11.3. The zero-order valence-corrected chi connectivity index (χ0v) is 12.7. The van der Waals surface area contributed by atoms with Gasteiger partial charge >= 0.3 is 5.97 Å². The summed E-state index contributed by atoms with van der Waals surface area (Å²) in [5, 5.41) is 9.84. The van der Waals surface area contributed by atoms with E-state index < -0.39 is 5.97 Å². The van der Waals surface area contributed by atoms with Crippen molar-refractivity contribution in [1.29, 1.82) is 0 Å². The number of hydrogen-bond donors (Lipinski definition) is 1. The van der Waals surface area contributed by atoms with Gasteiger partial charge in [-0.15, -0.1) is 0 Å². The van der Waals surface area contributed by atoms with E-state index >= 15 is 0 Å². The van der Waals surface area contributed by atoms with E-state index in [1.807, 2.05) is 6.07 Å². The minimum absolute atomic E-state index is 0.00939. The van der Waals surface area contributed by atoms with Gasteiger partial charge in [0, 0.05) is 16.3 Å². The standard InChI is InChI=1S/C14H15BrN2O2/c1-14(2,3)7-11-16-10-6-8(15)4-5-9(10)12(17-11)13(18)19/h4-6H,7H2,1-3H3,(H,18,19). The molecular weight excluding hydrogens is 308 g/mol. The van der Waals surface area contributed by atoms with E-state index in [1.54, 1.807) is 12.1 Å². The second-order valence-corrected chi connectivity index (χ2v) is 6.61. The molecule has 0 fully saturated rings. The van der Waals surface area contributed by atoms with Crippen molar-refractivity contribution in [3.63, 3.8) is 0 Å². The summed E-state index contributed by atoms with van der Waals surface area (Å²) in [6.45, 7) is 6.21. The first kappa shape index (κ1) is 13.9. The number of halogens is 1. The van der Waals surface area contributed by atoms with Crippen molar-refractivity contribution in [3.8, 4) is 0 Å². The molecule has 100 valence electrons. The lowest BCUT2D eigenvalue weighted by Crippen LogP contribution is -2.14. The van der Waals surface area contributed by atoms with Gasteiger partial charge in [-0.1, -0.05) is 36.7 Å². The van der Waals surface area contributed by atoms with E-state index in [9.17, 15) is 9.90 Å². The van der Waals surface area contributed by atoms with Crippen LogP contribution in [-0.4, -0.2) is 21.0 Å². The van der Waals surface area contributed by atoms with Crippen molar-refractivity contribution in [1.82, 2.24) is 9.97 Å². The highest BCUT2D eigenvalue weighted by Gasteiger charge is 2.18. The summed E-state index contributed by atoms with van der Waals surface area (Å²) >= 11 is 3.37. The molecule has 0 aliphatic carbocycles. The largest absolute Gasteiger partial charge is 0.476 e.